The van der Waals surface area contributed by atoms with Crippen LogP contribution in [0.4, 0.5) is 18.9 Å². The highest BCUT2D eigenvalue weighted by Gasteiger charge is 2.30. The average Bonchev–Trinajstić information content (AvgIpc) is 2.76. The average molecular weight is 468 g/mol. The number of carboxylic acids is 1. The molecule has 0 aliphatic heterocycles. The van der Waals surface area contributed by atoms with Gasteiger partial charge < -0.3 is 27.0 Å². The van der Waals surface area contributed by atoms with Crippen molar-refractivity contribution in [2.75, 3.05) is 11.9 Å². The number of nitrogens with two attached hydrogens (primary N) is 2. The lowest BCUT2D eigenvalue weighted by Gasteiger charge is -2.09. The predicted molar refractivity (Wildman–Crippen MR) is 117 cm³/mol. The van der Waals surface area contributed by atoms with Crippen molar-refractivity contribution in [2.45, 2.75) is 50.7 Å². The van der Waals surface area contributed by atoms with Gasteiger partial charge in [0.05, 0.1) is 23.6 Å². The van der Waals surface area contributed by atoms with Gasteiger partial charge in [0.2, 0.25) is 5.91 Å². The van der Waals surface area contributed by atoms with Gasteiger partial charge in [-0.15, -0.1) is 12.3 Å². The largest absolute Gasteiger partial charge is 0.511 e. The Morgan fingerprint density at radius 3 is 2.24 bits per heavy atom. The van der Waals surface area contributed by atoms with Gasteiger partial charge in [-0.05, 0) is 43.7 Å². The monoisotopic (exact) mass is 468 g/mol. The summed E-state index contributed by atoms with van der Waals surface area (Å²) in [7, 11) is 0. The summed E-state index contributed by atoms with van der Waals surface area (Å²) in [5.41, 5.74) is 9.61. The lowest BCUT2D eigenvalue weighted by molar-refractivity contribution is -0.139. The van der Waals surface area contributed by atoms with E-state index < -0.39 is 36.1 Å². The first-order valence-electron chi connectivity index (χ1n) is 9.86. The van der Waals surface area contributed by atoms with Crippen molar-refractivity contribution >= 4 is 17.6 Å². The third-order valence-corrected chi connectivity index (χ3v) is 4.11. The molecule has 0 radical (unpaired) electrons. The summed E-state index contributed by atoms with van der Waals surface area (Å²) in [4.78, 5) is 21.9. The Hall–Kier alpha value is -3.54. The van der Waals surface area contributed by atoms with Gasteiger partial charge in [0.15, 0.2) is 0 Å². The fraction of sp³-hybridized carbons (Fsp3) is 0.409. The van der Waals surface area contributed by atoms with Gasteiger partial charge >= 0.3 is 12.1 Å². The molecule has 7 N–H and O–H groups in total. The number of anilines is 1. The number of halogens is 3. The number of hydrogen-bond acceptors (Lipinski definition) is 6. The third kappa shape index (κ3) is 12.8. The van der Waals surface area contributed by atoms with E-state index in [1.807, 2.05) is 0 Å². The van der Waals surface area contributed by atoms with Crippen molar-refractivity contribution in [3.63, 3.8) is 0 Å². The number of allylic oxidation sites excluding steroid dienone is 1. The zero-order valence-corrected chi connectivity index (χ0v) is 17.9. The van der Waals surface area contributed by atoms with Crippen molar-refractivity contribution in [2.24, 2.45) is 11.5 Å². The minimum atomic E-state index is -4.46. The summed E-state index contributed by atoms with van der Waals surface area (Å²) in [5, 5.41) is 29.2. The van der Waals surface area contributed by atoms with Crippen LogP contribution in [0.15, 0.2) is 35.6 Å². The molecule has 0 fully saturated rings. The van der Waals surface area contributed by atoms with Gasteiger partial charge in [-0.25, -0.2) is 0 Å². The van der Waals surface area contributed by atoms with E-state index >= 15 is 0 Å². The van der Waals surface area contributed by atoms with Crippen molar-refractivity contribution in [3.8, 4) is 18.4 Å². The van der Waals surface area contributed by atoms with E-state index in [4.69, 9.17) is 28.3 Å². The molecule has 0 unspecified atom stereocenters. The Morgan fingerprint density at radius 1 is 1.18 bits per heavy atom. The zero-order valence-electron chi connectivity index (χ0n) is 17.9. The lowest BCUT2D eigenvalue weighted by Crippen LogP contribution is -2.29. The van der Waals surface area contributed by atoms with Gasteiger partial charge in [-0.2, -0.15) is 18.4 Å². The van der Waals surface area contributed by atoms with Gasteiger partial charge in [0, 0.05) is 18.5 Å². The van der Waals surface area contributed by atoms with Crippen LogP contribution in [-0.4, -0.2) is 34.7 Å². The number of rotatable bonds is 10. The number of benzene rings is 1. The van der Waals surface area contributed by atoms with Crippen LogP contribution in [0.25, 0.3) is 0 Å². The smallest absolute Gasteiger partial charge is 0.416 e. The number of alkyl halides is 3. The van der Waals surface area contributed by atoms with Gasteiger partial charge in [-0.1, -0.05) is 6.42 Å². The normalized spacial score (nSPS) is 12.2. The van der Waals surface area contributed by atoms with E-state index in [0.717, 1.165) is 37.1 Å². The number of nitrogens with one attached hydrogen (secondary N) is 1. The highest BCUT2D eigenvalue weighted by Crippen LogP contribution is 2.29. The molecule has 0 aliphatic carbocycles. The first-order valence-corrected chi connectivity index (χ1v) is 9.86. The van der Waals surface area contributed by atoms with E-state index in [1.54, 1.807) is 6.07 Å². The van der Waals surface area contributed by atoms with E-state index in [2.05, 4.69) is 11.2 Å². The van der Waals surface area contributed by atoms with E-state index in [1.165, 1.54) is 0 Å². The summed E-state index contributed by atoms with van der Waals surface area (Å²) in [6, 6.07) is 4.87. The Balaban J connectivity index is 0.000000861. The summed E-state index contributed by atoms with van der Waals surface area (Å²) in [6.07, 6.45) is 2.65. The molecule has 1 amide bonds. The second-order valence-corrected chi connectivity index (χ2v) is 6.77. The topological polar surface area (TPSA) is 162 Å². The fourth-order valence-corrected chi connectivity index (χ4v) is 2.29. The van der Waals surface area contributed by atoms with Crippen LogP contribution in [0.1, 0.15) is 44.1 Å². The number of hydrogen-bond donors (Lipinski definition) is 5. The van der Waals surface area contributed by atoms with Crippen molar-refractivity contribution in [3.05, 3.63) is 41.2 Å². The van der Waals surface area contributed by atoms with Crippen LogP contribution in [0, 0.1) is 23.7 Å². The number of nitriles is 1. The maximum atomic E-state index is 12.4. The second kappa shape index (κ2) is 15.3. The minimum absolute atomic E-state index is 0.0763. The molecule has 33 heavy (non-hydrogen) atoms. The fourth-order valence-electron chi connectivity index (χ4n) is 2.29. The number of nitrogens with zero attached hydrogens (tertiary/aromatic N) is 1. The van der Waals surface area contributed by atoms with Crippen molar-refractivity contribution < 1.29 is 33.0 Å². The lowest BCUT2D eigenvalue weighted by atomic mass is 10.1. The highest BCUT2D eigenvalue weighted by atomic mass is 19.4. The quantitative estimate of drug-likeness (QED) is 0.152. The summed E-state index contributed by atoms with van der Waals surface area (Å²) in [5.74, 6) is 0.458. The number of carbonyl (C=O) groups is 2. The number of aliphatic carboxylic acids is 1. The molecular weight excluding hydrogens is 441 g/mol. The molecule has 0 heterocycles. The number of aliphatic hydroxyl groups excluding tert-OH is 1. The molecule has 0 bridgehead atoms. The zero-order chi connectivity index (χ0) is 25.4. The molecule has 1 rings (SSSR count). The molecule has 11 heteroatoms. The third-order valence-electron chi connectivity index (χ3n) is 4.11. The minimum Gasteiger partial charge on any atom is -0.511 e. The summed E-state index contributed by atoms with van der Waals surface area (Å²) in [6.45, 7) is 0.604. The van der Waals surface area contributed by atoms with Crippen LogP contribution >= 0.6 is 0 Å². The Morgan fingerprint density at radius 2 is 1.79 bits per heavy atom. The maximum absolute atomic E-state index is 12.4. The molecule has 0 saturated heterocycles. The first-order chi connectivity index (χ1) is 15.5. The number of unbranched alkanes of at least 4 members (excludes halogenated alkanes) is 1. The van der Waals surface area contributed by atoms with E-state index in [9.17, 15) is 27.9 Å². The summed E-state index contributed by atoms with van der Waals surface area (Å²) < 4.78 is 37.3. The molecule has 0 aromatic heterocycles. The molecule has 0 saturated carbocycles. The van der Waals surface area contributed by atoms with Crippen LogP contribution in [0.5, 0.6) is 0 Å². The summed E-state index contributed by atoms with van der Waals surface area (Å²) >= 11 is 0. The Kier molecular flexibility index (Phi) is 13.7. The molecule has 1 atom stereocenters. The van der Waals surface area contributed by atoms with E-state index in [0.29, 0.717) is 13.0 Å². The van der Waals surface area contributed by atoms with Gasteiger partial charge in [0.1, 0.15) is 11.8 Å². The Bertz CT molecular complexity index is 885. The van der Waals surface area contributed by atoms with Crippen LogP contribution in [-0.2, 0) is 15.8 Å². The number of amides is 1. The standard InChI is InChI=1S/C16H13F3N2O2.C6H14N2O2/c1-2-3-4-14(22)11(10-20)9-15(23)21-13-7-5-12(6-8-13)16(17,18)19;7-4-2-1-3-5(8)6(9)10/h1,5-8,22H,3-4,9H2,(H,21,23);5H,1-4,7-8H2,(H,9,10)/t;5-/m.0/s1. The molecular formula is C22H27F3N4O4. The van der Waals surface area contributed by atoms with Crippen molar-refractivity contribution in [1.29, 1.82) is 5.26 Å². The molecule has 180 valence electrons. The molecule has 1 aromatic carbocycles. The Labute approximate surface area is 190 Å². The number of carbonyl (C=O) groups excluding carboxylic acids is 1. The van der Waals surface area contributed by atoms with E-state index in [-0.39, 0.29) is 29.9 Å². The van der Waals surface area contributed by atoms with Crippen LogP contribution in [0.3, 0.4) is 0 Å². The predicted octanol–water partition coefficient (Wildman–Crippen LogP) is 3.31. The molecule has 0 aliphatic rings. The number of terminal acetylenes is 1. The maximum Gasteiger partial charge on any atom is 0.416 e. The van der Waals surface area contributed by atoms with Crippen molar-refractivity contribution in [1.82, 2.24) is 0 Å². The second-order valence-electron chi connectivity index (χ2n) is 6.77. The van der Waals surface area contributed by atoms with Gasteiger partial charge in [0.25, 0.3) is 0 Å². The van der Waals surface area contributed by atoms with Crippen LogP contribution < -0.4 is 16.8 Å². The van der Waals surface area contributed by atoms with Gasteiger partial charge in [-0.3, -0.25) is 9.59 Å². The molecule has 1 aromatic rings. The molecule has 0 spiro atoms. The SMILES string of the molecule is C#CCCC(O)=C(C#N)CC(=O)Nc1ccc(C(F)(F)F)cc1.NCCCC[C@H](N)C(=O)O. The molecule has 8 nitrogen and oxygen atoms in total. The highest BCUT2D eigenvalue weighted by molar-refractivity contribution is 5.92. The first kappa shape index (κ1) is 29.5. The number of carboxylic acid groups (broad SMARTS) is 1. The number of aliphatic hydroxyl groups is 1. The van der Waals surface area contributed by atoms with Crippen LogP contribution in [0.2, 0.25) is 0 Å².